The van der Waals surface area contributed by atoms with Gasteiger partial charge in [0.25, 0.3) is 0 Å². The molecule has 0 bridgehead atoms. The van der Waals surface area contributed by atoms with Crippen molar-refractivity contribution in [3.8, 4) is 22.8 Å². The second-order valence-electron chi connectivity index (χ2n) is 7.36. The van der Waals surface area contributed by atoms with E-state index in [1.165, 1.54) is 7.11 Å². The number of aromatic amines is 1. The number of ether oxygens (including phenoxy) is 2. The summed E-state index contributed by atoms with van der Waals surface area (Å²) in [5, 5.41) is 12.3. The number of fused-ring (bicyclic) bond motifs is 1. The number of hydrogen-bond acceptors (Lipinski definition) is 4. The number of aromatic nitrogens is 1. The van der Waals surface area contributed by atoms with E-state index >= 15 is 0 Å². The monoisotopic (exact) mass is 435 g/mol. The number of carbonyl (C=O) groups is 1. The Bertz CT molecular complexity index is 1260. The van der Waals surface area contributed by atoms with Gasteiger partial charge in [0.2, 0.25) is 0 Å². The van der Waals surface area contributed by atoms with Crippen molar-refractivity contribution in [3.05, 3.63) is 82.5 Å². The van der Waals surface area contributed by atoms with Crippen molar-refractivity contribution in [1.29, 1.82) is 0 Å². The van der Waals surface area contributed by atoms with Gasteiger partial charge in [0.05, 0.1) is 13.5 Å². The molecule has 0 atom stereocenters. The quantitative estimate of drug-likeness (QED) is 0.375. The molecule has 4 rings (SSSR count). The Morgan fingerprint density at radius 1 is 1.06 bits per heavy atom. The topological polar surface area (TPSA) is 71.6 Å². The van der Waals surface area contributed by atoms with Gasteiger partial charge in [0.1, 0.15) is 12.4 Å². The molecule has 0 saturated heterocycles. The van der Waals surface area contributed by atoms with Crippen molar-refractivity contribution >= 4 is 28.3 Å². The molecule has 0 aliphatic carbocycles. The molecular formula is C25H22ClNO4. The number of carbonyl (C=O) groups excluding carboxylic acids is 1. The van der Waals surface area contributed by atoms with Crippen molar-refractivity contribution in [1.82, 2.24) is 4.98 Å². The van der Waals surface area contributed by atoms with Gasteiger partial charge in [-0.3, -0.25) is 4.79 Å². The zero-order valence-corrected chi connectivity index (χ0v) is 18.0. The van der Waals surface area contributed by atoms with Crippen LogP contribution in [-0.2, 0) is 22.6 Å². The number of aromatic hydroxyl groups is 1. The molecule has 0 unspecified atom stereocenters. The minimum Gasteiger partial charge on any atom is -0.494 e. The molecule has 4 aromatic rings. The van der Waals surface area contributed by atoms with Gasteiger partial charge in [-0.15, -0.1) is 0 Å². The van der Waals surface area contributed by atoms with E-state index in [9.17, 15) is 9.90 Å². The Morgan fingerprint density at radius 3 is 2.68 bits per heavy atom. The molecule has 2 N–H and O–H groups in total. The summed E-state index contributed by atoms with van der Waals surface area (Å²) >= 11 is 6.08. The van der Waals surface area contributed by atoms with Crippen LogP contribution in [0.1, 0.15) is 16.8 Å². The minimum atomic E-state index is -0.376. The minimum absolute atomic E-state index is 0.000404. The molecule has 0 aliphatic heterocycles. The lowest BCUT2D eigenvalue weighted by Crippen LogP contribution is -2.04. The van der Waals surface area contributed by atoms with E-state index < -0.39 is 0 Å². The van der Waals surface area contributed by atoms with Crippen LogP contribution in [-0.4, -0.2) is 23.2 Å². The molecular weight excluding hydrogens is 414 g/mol. The lowest BCUT2D eigenvalue weighted by molar-refractivity contribution is -0.139. The largest absolute Gasteiger partial charge is 0.494 e. The lowest BCUT2D eigenvalue weighted by atomic mass is 9.99. The van der Waals surface area contributed by atoms with Crippen LogP contribution in [0.4, 0.5) is 0 Å². The fraction of sp³-hybridized carbons (Fsp3) is 0.160. The van der Waals surface area contributed by atoms with Crippen molar-refractivity contribution in [3.63, 3.8) is 0 Å². The Labute approximate surface area is 185 Å². The highest BCUT2D eigenvalue weighted by Crippen LogP contribution is 2.32. The molecule has 0 amide bonds. The first kappa shape index (κ1) is 20.8. The standard InChI is InChI=1S/C25H22ClNO4/c1-15-10-18(26)6-8-20(15)17-5-3-4-16(11-17)14-31-19-7-9-21-22(12-19)25(29)27-23(21)13-24(28)30-2/h3-12,27,29H,13-14H2,1-2H3. The number of aryl methyl sites for hydroxylation is 1. The van der Waals surface area contributed by atoms with Crippen LogP contribution < -0.4 is 4.74 Å². The third-order valence-electron chi connectivity index (χ3n) is 5.22. The van der Waals surface area contributed by atoms with E-state index in [-0.39, 0.29) is 18.3 Å². The maximum atomic E-state index is 11.6. The van der Waals surface area contributed by atoms with E-state index in [2.05, 4.69) is 17.1 Å². The number of H-pyrrole nitrogens is 1. The Balaban J connectivity index is 1.53. The van der Waals surface area contributed by atoms with Gasteiger partial charge in [-0.05, 0) is 65.6 Å². The fourth-order valence-corrected chi connectivity index (χ4v) is 3.88. The summed E-state index contributed by atoms with van der Waals surface area (Å²) in [4.78, 5) is 14.4. The molecule has 158 valence electrons. The maximum Gasteiger partial charge on any atom is 0.311 e. The summed E-state index contributed by atoms with van der Waals surface area (Å²) in [5.74, 6) is 0.248. The maximum absolute atomic E-state index is 11.6. The third-order valence-corrected chi connectivity index (χ3v) is 5.46. The first-order valence-electron chi connectivity index (χ1n) is 9.83. The van der Waals surface area contributed by atoms with Gasteiger partial charge < -0.3 is 19.6 Å². The van der Waals surface area contributed by atoms with E-state index in [0.717, 1.165) is 32.7 Å². The van der Waals surface area contributed by atoms with E-state index in [1.807, 2.05) is 49.4 Å². The molecule has 0 radical (unpaired) electrons. The van der Waals surface area contributed by atoms with Crippen molar-refractivity contribution in [2.75, 3.05) is 7.11 Å². The number of halogens is 1. The van der Waals surface area contributed by atoms with Crippen molar-refractivity contribution in [2.45, 2.75) is 20.0 Å². The van der Waals surface area contributed by atoms with Gasteiger partial charge in [-0.2, -0.15) is 0 Å². The summed E-state index contributed by atoms with van der Waals surface area (Å²) in [7, 11) is 1.34. The predicted molar refractivity (Wildman–Crippen MR) is 122 cm³/mol. The molecule has 1 aromatic heterocycles. The number of hydrogen-bond donors (Lipinski definition) is 2. The second kappa shape index (κ2) is 8.74. The highest BCUT2D eigenvalue weighted by molar-refractivity contribution is 6.30. The molecule has 0 aliphatic rings. The Kier molecular flexibility index (Phi) is 5.87. The van der Waals surface area contributed by atoms with E-state index in [0.29, 0.717) is 23.4 Å². The Morgan fingerprint density at radius 2 is 1.90 bits per heavy atom. The van der Waals surface area contributed by atoms with Gasteiger partial charge in [0, 0.05) is 21.5 Å². The van der Waals surface area contributed by atoms with Crippen LogP contribution in [0.5, 0.6) is 11.6 Å². The van der Waals surface area contributed by atoms with Gasteiger partial charge >= 0.3 is 5.97 Å². The fourth-order valence-electron chi connectivity index (χ4n) is 3.65. The first-order chi connectivity index (χ1) is 14.9. The van der Waals surface area contributed by atoms with Crippen LogP contribution in [0.25, 0.3) is 21.9 Å². The van der Waals surface area contributed by atoms with Crippen molar-refractivity contribution < 1.29 is 19.4 Å². The van der Waals surface area contributed by atoms with Crippen LogP contribution >= 0.6 is 11.6 Å². The molecule has 1 heterocycles. The molecule has 5 nitrogen and oxygen atoms in total. The number of methoxy groups -OCH3 is 1. The highest BCUT2D eigenvalue weighted by Gasteiger charge is 2.14. The predicted octanol–water partition coefficient (Wildman–Crippen LogP) is 5.80. The smallest absolute Gasteiger partial charge is 0.311 e. The summed E-state index contributed by atoms with van der Waals surface area (Å²) in [6.07, 6.45) is 0.0602. The molecule has 0 saturated carbocycles. The van der Waals surface area contributed by atoms with Crippen LogP contribution in [0.2, 0.25) is 5.02 Å². The third kappa shape index (κ3) is 4.52. The van der Waals surface area contributed by atoms with Gasteiger partial charge in [-0.1, -0.05) is 35.9 Å². The molecule has 0 fully saturated rings. The number of nitrogens with one attached hydrogen (secondary N) is 1. The first-order valence-corrected chi connectivity index (χ1v) is 10.2. The average molecular weight is 436 g/mol. The van der Waals surface area contributed by atoms with Crippen LogP contribution in [0.15, 0.2) is 60.7 Å². The second-order valence-corrected chi connectivity index (χ2v) is 7.80. The van der Waals surface area contributed by atoms with Gasteiger partial charge in [0.15, 0.2) is 5.88 Å². The number of rotatable bonds is 6. The van der Waals surface area contributed by atoms with Crippen LogP contribution in [0, 0.1) is 6.92 Å². The Hall–Kier alpha value is -3.44. The zero-order valence-electron chi connectivity index (χ0n) is 17.2. The summed E-state index contributed by atoms with van der Waals surface area (Å²) in [5.41, 5.74) is 4.97. The van der Waals surface area contributed by atoms with Crippen LogP contribution in [0.3, 0.4) is 0 Å². The van der Waals surface area contributed by atoms with Gasteiger partial charge in [-0.25, -0.2) is 0 Å². The SMILES string of the molecule is COC(=O)Cc1[nH]c(O)c2cc(OCc3cccc(-c4ccc(Cl)cc4C)c3)ccc12. The molecule has 3 aromatic carbocycles. The van der Waals surface area contributed by atoms with E-state index in [4.69, 9.17) is 21.1 Å². The summed E-state index contributed by atoms with van der Waals surface area (Å²) < 4.78 is 10.7. The molecule has 6 heteroatoms. The average Bonchev–Trinajstić information content (AvgIpc) is 3.07. The molecule has 0 spiro atoms. The summed E-state index contributed by atoms with van der Waals surface area (Å²) in [6.45, 7) is 2.42. The van der Waals surface area contributed by atoms with E-state index in [1.54, 1.807) is 6.07 Å². The number of esters is 1. The summed E-state index contributed by atoms with van der Waals surface area (Å²) in [6, 6.07) is 19.4. The highest BCUT2D eigenvalue weighted by atomic mass is 35.5. The lowest BCUT2D eigenvalue weighted by Gasteiger charge is -2.10. The normalized spacial score (nSPS) is 10.9. The molecule has 31 heavy (non-hydrogen) atoms. The number of benzene rings is 3. The zero-order chi connectivity index (χ0) is 22.0. The van der Waals surface area contributed by atoms with Crippen molar-refractivity contribution in [2.24, 2.45) is 0 Å².